The van der Waals surface area contributed by atoms with Crippen LogP contribution in [-0.4, -0.2) is 36.9 Å². The standard InChI is InChI=1S/C24H34B2N2O4/c1-21(2)22(3,4)30-25(29-21)27(19-15-11-9-12-16-19)28(20-17-13-10-14-18-20)26-31-23(5,6)24(7,8)32-26/h9-18H,1-8H3. The van der Waals surface area contributed by atoms with Crippen LogP contribution in [0.15, 0.2) is 60.7 Å². The molecule has 0 unspecified atom stereocenters. The lowest BCUT2D eigenvalue weighted by molar-refractivity contribution is 0.00578. The van der Waals surface area contributed by atoms with E-state index in [1.165, 1.54) is 0 Å². The van der Waals surface area contributed by atoms with Crippen molar-refractivity contribution in [2.45, 2.75) is 77.8 Å². The summed E-state index contributed by atoms with van der Waals surface area (Å²) in [5.41, 5.74) is -0.174. The van der Waals surface area contributed by atoms with Gasteiger partial charge in [-0.15, -0.1) is 0 Å². The molecule has 2 heterocycles. The third-order valence-electron chi connectivity index (χ3n) is 7.15. The van der Waals surface area contributed by atoms with Gasteiger partial charge in [-0.05, 0) is 79.7 Å². The third-order valence-corrected chi connectivity index (χ3v) is 7.15. The van der Waals surface area contributed by atoms with E-state index in [0.29, 0.717) is 0 Å². The van der Waals surface area contributed by atoms with E-state index in [9.17, 15) is 0 Å². The van der Waals surface area contributed by atoms with Gasteiger partial charge < -0.3 is 18.6 Å². The molecular formula is C24H34B2N2O4. The maximum Gasteiger partial charge on any atom is 0.613 e. The first-order valence-electron chi connectivity index (χ1n) is 11.2. The van der Waals surface area contributed by atoms with E-state index in [-0.39, 0.29) is 0 Å². The molecule has 32 heavy (non-hydrogen) atoms. The van der Waals surface area contributed by atoms with Gasteiger partial charge in [0.25, 0.3) is 0 Å². The normalized spacial score (nSPS) is 22.8. The minimum Gasteiger partial charge on any atom is -0.383 e. The Labute approximate surface area is 193 Å². The van der Waals surface area contributed by atoms with Crippen molar-refractivity contribution in [2.24, 2.45) is 0 Å². The summed E-state index contributed by atoms with van der Waals surface area (Å²) in [6, 6.07) is 20.1. The zero-order valence-corrected chi connectivity index (χ0v) is 20.5. The summed E-state index contributed by atoms with van der Waals surface area (Å²) in [6.45, 7) is 16.4. The first-order valence-corrected chi connectivity index (χ1v) is 11.2. The Morgan fingerprint density at radius 3 is 0.969 bits per heavy atom. The van der Waals surface area contributed by atoms with Gasteiger partial charge in [0, 0.05) is 11.4 Å². The number of hydrogen-bond acceptors (Lipinski definition) is 6. The van der Waals surface area contributed by atoms with Gasteiger partial charge in [0.05, 0.1) is 22.4 Å². The number of hydrogen-bond donors (Lipinski definition) is 0. The molecular weight excluding hydrogens is 402 g/mol. The molecule has 0 bridgehead atoms. The van der Waals surface area contributed by atoms with E-state index >= 15 is 0 Å². The number of hydrazine groups is 1. The average Bonchev–Trinajstić information content (AvgIpc) is 3.06. The molecule has 0 N–H and O–H groups in total. The van der Waals surface area contributed by atoms with Crippen LogP contribution in [0, 0.1) is 0 Å². The Morgan fingerprint density at radius 1 is 0.469 bits per heavy atom. The Kier molecular flexibility index (Phi) is 5.65. The SMILES string of the molecule is CC1(C)OB(N(c2ccccc2)N(B2OC(C)(C)C(C)(C)O2)c2ccccc2)OC1(C)C. The highest BCUT2D eigenvalue weighted by atomic mass is 16.7. The highest BCUT2D eigenvalue weighted by Crippen LogP contribution is 2.43. The Morgan fingerprint density at radius 2 is 0.719 bits per heavy atom. The van der Waals surface area contributed by atoms with Crippen LogP contribution in [0.1, 0.15) is 55.4 Å². The Balaban J connectivity index is 1.84. The van der Waals surface area contributed by atoms with Crippen molar-refractivity contribution in [3.63, 3.8) is 0 Å². The van der Waals surface area contributed by atoms with Gasteiger partial charge in [0.15, 0.2) is 0 Å². The summed E-state index contributed by atoms with van der Waals surface area (Å²) in [7, 11) is -1.36. The topological polar surface area (TPSA) is 43.4 Å². The number of para-hydroxylation sites is 2. The summed E-state index contributed by atoms with van der Waals surface area (Å²) in [4.78, 5) is 3.99. The third kappa shape index (κ3) is 3.94. The van der Waals surface area contributed by atoms with Crippen LogP contribution in [0.4, 0.5) is 11.4 Å². The number of rotatable bonds is 5. The first-order chi connectivity index (χ1) is 14.8. The highest BCUT2D eigenvalue weighted by molar-refractivity contribution is 6.59. The molecule has 0 aromatic heterocycles. The van der Waals surface area contributed by atoms with Crippen molar-refractivity contribution in [1.29, 1.82) is 0 Å². The van der Waals surface area contributed by atoms with E-state index in [1.807, 2.05) is 70.5 Å². The summed E-state index contributed by atoms with van der Waals surface area (Å²) in [5, 5.41) is 0. The van der Waals surface area contributed by atoms with Crippen LogP contribution in [0.2, 0.25) is 0 Å². The lowest BCUT2D eigenvalue weighted by Crippen LogP contribution is -2.61. The molecule has 4 rings (SSSR count). The molecule has 6 nitrogen and oxygen atoms in total. The number of benzene rings is 2. The number of anilines is 2. The molecule has 2 aliphatic rings. The fourth-order valence-corrected chi connectivity index (χ4v) is 3.68. The van der Waals surface area contributed by atoms with Gasteiger partial charge in [-0.2, -0.15) is 0 Å². The molecule has 0 spiro atoms. The molecule has 2 saturated heterocycles. The van der Waals surface area contributed by atoms with E-state index < -0.39 is 36.9 Å². The molecule has 0 radical (unpaired) electrons. The van der Waals surface area contributed by atoms with Gasteiger partial charge in [-0.3, -0.25) is 9.84 Å². The number of nitrogens with zero attached hydrogens (tertiary/aromatic N) is 2. The van der Waals surface area contributed by atoms with Gasteiger partial charge >= 0.3 is 14.5 Å². The van der Waals surface area contributed by atoms with Crippen LogP contribution < -0.4 is 9.84 Å². The lowest BCUT2D eigenvalue weighted by atomic mass is 9.90. The summed E-state index contributed by atoms with van der Waals surface area (Å²) in [6.07, 6.45) is 0. The van der Waals surface area contributed by atoms with Crippen molar-refractivity contribution in [1.82, 2.24) is 0 Å². The minimum atomic E-state index is -0.679. The molecule has 8 heteroatoms. The summed E-state index contributed by atoms with van der Waals surface area (Å²) in [5.74, 6) is 0. The zero-order valence-electron chi connectivity index (χ0n) is 20.5. The first kappa shape index (κ1) is 23.2. The molecule has 0 saturated carbocycles. The Bertz CT molecular complexity index is 828. The van der Waals surface area contributed by atoms with Crippen molar-refractivity contribution in [3.05, 3.63) is 60.7 Å². The summed E-state index contributed by atoms with van der Waals surface area (Å²) >= 11 is 0. The Hall–Kier alpha value is -1.99. The van der Waals surface area contributed by atoms with Crippen LogP contribution >= 0.6 is 0 Å². The largest absolute Gasteiger partial charge is 0.613 e. The minimum absolute atomic E-state index is 0.497. The van der Waals surface area contributed by atoms with E-state index in [4.69, 9.17) is 18.6 Å². The molecule has 0 atom stereocenters. The average molecular weight is 436 g/mol. The highest BCUT2D eigenvalue weighted by Gasteiger charge is 2.60. The second-order valence-corrected chi connectivity index (χ2v) is 10.5. The molecule has 0 amide bonds. The fourth-order valence-electron chi connectivity index (χ4n) is 3.68. The lowest BCUT2D eigenvalue weighted by Gasteiger charge is -2.40. The molecule has 2 fully saturated rings. The van der Waals surface area contributed by atoms with Crippen molar-refractivity contribution < 1.29 is 18.6 Å². The maximum atomic E-state index is 6.50. The van der Waals surface area contributed by atoms with Crippen LogP contribution in [0.3, 0.4) is 0 Å². The van der Waals surface area contributed by atoms with Gasteiger partial charge in [-0.25, -0.2) is 0 Å². The van der Waals surface area contributed by atoms with Crippen molar-refractivity contribution >= 4 is 25.9 Å². The van der Waals surface area contributed by atoms with E-state index in [1.54, 1.807) is 0 Å². The predicted octanol–water partition coefficient (Wildman–Crippen LogP) is 5.09. The molecule has 2 aromatic rings. The maximum absolute atomic E-state index is 6.50. The second-order valence-electron chi connectivity index (χ2n) is 10.5. The molecule has 0 aliphatic carbocycles. The quantitative estimate of drug-likeness (QED) is 0.481. The summed E-state index contributed by atoms with van der Waals surface area (Å²) < 4.78 is 26.0. The van der Waals surface area contributed by atoms with Crippen molar-refractivity contribution in [3.8, 4) is 0 Å². The fraction of sp³-hybridized carbons (Fsp3) is 0.500. The van der Waals surface area contributed by atoms with Gasteiger partial charge in [-0.1, -0.05) is 36.4 Å². The molecule has 2 aliphatic heterocycles. The monoisotopic (exact) mass is 436 g/mol. The van der Waals surface area contributed by atoms with Gasteiger partial charge in [0.2, 0.25) is 0 Å². The smallest absolute Gasteiger partial charge is 0.383 e. The second kappa shape index (κ2) is 7.80. The van der Waals surface area contributed by atoms with Crippen LogP contribution in [0.25, 0.3) is 0 Å². The van der Waals surface area contributed by atoms with E-state index in [2.05, 4.69) is 55.4 Å². The predicted molar refractivity (Wildman–Crippen MR) is 130 cm³/mol. The van der Waals surface area contributed by atoms with Gasteiger partial charge in [0.1, 0.15) is 0 Å². The zero-order chi connectivity index (χ0) is 23.4. The van der Waals surface area contributed by atoms with E-state index in [0.717, 1.165) is 11.4 Å². The molecule has 2 aromatic carbocycles. The van der Waals surface area contributed by atoms with Crippen molar-refractivity contribution in [2.75, 3.05) is 9.84 Å². The van der Waals surface area contributed by atoms with Crippen LogP contribution in [-0.2, 0) is 18.6 Å². The molecule has 170 valence electrons. The van der Waals surface area contributed by atoms with Crippen LogP contribution in [0.5, 0.6) is 0 Å².